The highest BCUT2D eigenvalue weighted by Gasteiger charge is 2.21. The number of aromatic nitrogens is 3. The number of amides is 1. The van der Waals surface area contributed by atoms with Gasteiger partial charge in [0.1, 0.15) is 11.4 Å². The summed E-state index contributed by atoms with van der Waals surface area (Å²) in [6, 6.07) is 16.6. The van der Waals surface area contributed by atoms with Crippen molar-refractivity contribution < 1.29 is 14.3 Å². The number of carbonyl (C=O) groups is 1. The number of rotatable bonds is 6. The van der Waals surface area contributed by atoms with E-state index < -0.39 is 0 Å². The molecule has 0 aliphatic rings. The Kier molecular flexibility index (Phi) is 5.06. The largest absolute Gasteiger partial charge is 0.495 e. The number of hydrogen-bond donors (Lipinski definition) is 1. The summed E-state index contributed by atoms with van der Waals surface area (Å²) >= 11 is 0. The minimum Gasteiger partial charge on any atom is -0.495 e. The molecule has 0 bridgehead atoms. The topological polar surface area (TPSA) is 78.3 Å². The van der Waals surface area contributed by atoms with Gasteiger partial charge in [0.25, 0.3) is 5.91 Å². The smallest absolute Gasteiger partial charge is 0.278 e. The molecule has 3 aromatic rings. The number of carbonyl (C=O) groups excluding carboxylic acids is 1. The lowest BCUT2D eigenvalue weighted by molar-refractivity contribution is 0.101. The third-order valence-corrected chi connectivity index (χ3v) is 3.62. The van der Waals surface area contributed by atoms with E-state index in [-0.39, 0.29) is 18.2 Å². The Morgan fingerprint density at radius 2 is 1.80 bits per heavy atom. The van der Waals surface area contributed by atoms with Crippen LogP contribution in [0.2, 0.25) is 0 Å². The van der Waals surface area contributed by atoms with Gasteiger partial charge in [0.15, 0.2) is 5.69 Å². The lowest BCUT2D eigenvalue weighted by Gasteiger charge is -2.10. The lowest BCUT2D eigenvalue weighted by atomic mass is 10.2. The van der Waals surface area contributed by atoms with E-state index in [0.29, 0.717) is 17.1 Å². The molecular weight excluding hydrogens is 320 g/mol. The van der Waals surface area contributed by atoms with Crippen molar-refractivity contribution in [1.29, 1.82) is 0 Å². The summed E-state index contributed by atoms with van der Waals surface area (Å²) < 4.78 is 12.1. The second-order valence-electron chi connectivity index (χ2n) is 5.22. The Morgan fingerprint density at radius 1 is 1.08 bits per heavy atom. The zero-order valence-corrected chi connectivity index (χ0v) is 14.0. The first-order valence-corrected chi connectivity index (χ1v) is 7.68. The summed E-state index contributed by atoms with van der Waals surface area (Å²) in [7, 11) is 3.11. The maximum absolute atomic E-state index is 12.7. The number of anilines is 1. The van der Waals surface area contributed by atoms with Crippen molar-refractivity contribution in [2.45, 2.75) is 6.61 Å². The molecule has 1 N–H and O–H groups in total. The van der Waals surface area contributed by atoms with Crippen molar-refractivity contribution in [3.63, 3.8) is 0 Å². The molecule has 0 spiro atoms. The molecule has 0 atom stereocenters. The first-order chi connectivity index (χ1) is 12.2. The lowest BCUT2D eigenvalue weighted by Crippen LogP contribution is -2.16. The summed E-state index contributed by atoms with van der Waals surface area (Å²) in [5.41, 5.74) is 2.14. The molecule has 1 amide bonds. The van der Waals surface area contributed by atoms with Crippen molar-refractivity contribution in [2.24, 2.45) is 0 Å². The Bertz CT molecular complexity index is 862. The van der Waals surface area contributed by atoms with Crippen molar-refractivity contribution in [3.05, 3.63) is 66.0 Å². The summed E-state index contributed by atoms with van der Waals surface area (Å²) in [4.78, 5) is 12.7. The van der Waals surface area contributed by atoms with Crippen molar-refractivity contribution in [3.8, 4) is 11.4 Å². The summed E-state index contributed by atoms with van der Waals surface area (Å²) in [6.07, 6.45) is 0. The Hall–Kier alpha value is -3.19. The van der Waals surface area contributed by atoms with E-state index in [9.17, 15) is 4.79 Å². The minimum absolute atomic E-state index is 0.205. The summed E-state index contributed by atoms with van der Waals surface area (Å²) in [5, 5.41) is 11.0. The van der Waals surface area contributed by atoms with E-state index in [1.807, 2.05) is 42.5 Å². The van der Waals surface area contributed by atoms with E-state index in [2.05, 4.69) is 15.6 Å². The van der Waals surface area contributed by atoms with Gasteiger partial charge in [-0.2, -0.15) is 0 Å². The van der Waals surface area contributed by atoms with Gasteiger partial charge in [-0.3, -0.25) is 4.79 Å². The van der Waals surface area contributed by atoms with Crippen LogP contribution >= 0.6 is 0 Å². The van der Waals surface area contributed by atoms with Gasteiger partial charge < -0.3 is 14.8 Å². The van der Waals surface area contributed by atoms with Crippen LogP contribution in [0.4, 0.5) is 5.69 Å². The molecule has 0 radical (unpaired) electrons. The van der Waals surface area contributed by atoms with Crippen molar-refractivity contribution in [2.75, 3.05) is 19.5 Å². The number of para-hydroxylation sites is 3. The van der Waals surface area contributed by atoms with Gasteiger partial charge in [0.2, 0.25) is 0 Å². The van der Waals surface area contributed by atoms with E-state index in [1.54, 1.807) is 31.0 Å². The third-order valence-electron chi connectivity index (χ3n) is 3.62. The monoisotopic (exact) mass is 338 g/mol. The molecule has 128 valence electrons. The maximum Gasteiger partial charge on any atom is 0.278 e. The van der Waals surface area contributed by atoms with Crippen LogP contribution in [0.25, 0.3) is 5.69 Å². The summed E-state index contributed by atoms with van der Waals surface area (Å²) in [5.74, 6) is 0.193. The second kappa shape index (κ2) is 7.59. The van der Waals surface area contributed by atoms with Crippen LogP contribution in [0.1, 0.15) is 16.2 Å². The fourth-order valence-electron chi connectivity index (χ4n) is 2.45. The average molecular weight is 338 g/mol. The van der Waals surface area contributed by atoms with Gasteiger partial charge >= 0.3 is 0 Å². The van der Waals surface area contributed by atoms with Crippen LogP contribution in [0.5, 0.6) is 5.75 Å². The van der Waals surface area contributed by atoms with Crippen LogP contribution in [0.3, 0.4) is 0 Å². The van der Waals surface area contributed by atoms with Crippen molar-refractivity contribution >= 4 is 11.6 Å². The van der Waals surface area contributed by atoms with Crippen LogP contribution < -0.4 is 10.1 Å². The maximum atomic E-state index is 12.7. The average Bonchev–Trinajstić information content (AvgIpc) is 3.07. The molecule has 2 aromatic carbocycles. The van der Waals surface area contributed by atoms with Gasteiger partial charge in [-0.25, -0.2) is 4.68 Å². The Morgan fingerprint density at radius 3 is 2.52 bits per heavy atom. The SMILES string of the molecule is COCc1c(C(=O)Nc2ccccc2OC)nnn1-c1ccccc1. The standard InChI is InChI=1S/C18H18N4O3/c1-24-12-15-17(20-21-22(15)13-8-4-3-5-9-13)18(23)19-14-10-6-7-11-16(14)25-2/h3-11H,12H2,1-2H3,(H,19,23). The third kappa shape index (κ3) is 3.51. The molecule has 7 nitrogen and oxygen atoms in total. The van der Waals surface area contributed by atoms with E-state index in [4.69, 9.17) is 9.47 Å². The van der Waals surface area contributed by atoms with E-state index >= 15 is 0 Å². The van der Waals surface area contributed by atoms with Gasteiger partial charge in [-0.05, 0) is 24.3 Å². The van der Waals surface area contributed by atoms with Crippen molar-refractivity contribution in [1.82, 2.24) is 15.0 Å². The van der Waals surface area contributed by atoms with Crippen LogP contribution in [0.15, 0.2) is 54.6 Å². The van der Waals surface area contributed by atoms with Crippen LogP contribution in [-0.4, -0.2) is 35.1 Å². The first kappa shape index (κ1) is 16.7. The van der Waals surface area contributed by atoms with Gasteiger partial charge in [-0.1, -0.05) is 35.5 Å². The Balaban J connectivity index is 1.94. The fraction of sp³-hybridized carbons (Fsp3) is 0.167. The van der Waals surface area contributed by atoms with E-state index in [0.717, 1.165) is 5.69 Å². The highest BCUT2D eigenvalue weighted by Crippen LogP contribution is 2.24. The number of methoxy groups -OCH3 is 2. The predicted octanol–water partition coefficient (Wildman–Crippen LogP) is 2.67. The van der Waals surface area contributed by atoms with Gasteiger partial charge in [0.05, 0.1) is 25.1 Å². The molecule has 7 heteroatoms. The molecule has 0 saturated heterocycles. The van der Waals surface area contributed by atoms with Gasteiger partial charge in [-0.15, -0.1) is 5.10 Å². The highest BCUT2D eigenvalue weighted by molar-refractivity contribution is 6.04. The van der Waals surface area contributed by atoms with Crippen LogP contribution in [-0.2, 0) is 11.3 Å². The molecule has 0 fully saturated rings. The highest BCUT2D eigenvalue weighted by atomic mass is 16.5. The number of nitrogens with one attached hydrogen (secondary N) is 1. The number of hydrogen-bond acceptors (Lipinski definition) is 5. The zero-order valence-electron chi connectivity index (χ0n) is 14.0. The molecule has 0 aliphatic heterocycles. The molecule has 3 rings (SSSR count). The molecule has 25 heavy (non-hydrogen) atoms. The molecule has 0 aliphatic carbocycles. The first-order valence-electron chi connectivity index (χ1n) is 7.68. The molecule has 0 unspecified atom stereocenters. The zero-order chi connectivity index (χ0) is 17.6. The number of ether oxygens (including phenoxy) is 2. The van der Waals surface area contributed by atoms with E-state index in [1.165, 1.54) is 0 Å². The van der Waals surface area contributed by atoms with Crippen LogP contribution in [0, 0.1) is 0 Å². The molecule has 1 aromatic heterocycles. The molecule has 1 heterocycles. The fourth-order valence-corrected chi connectivity index (χ4v) is 2.45. The second-order valence-corrected chi connectivity index (χ2v) is 5.22. The minimum atomic E-state index is -0.376. The van der Waals surface area contributed by atoms with Gasteiger partial charge in [0, 0.05) is 7.11 Å². The predicted molar refractivity (Wildman–Crippen MR) is 93.0 cm³/mol. The summed E-state index contributed by atoms with van der Waals surface area (Å²) in [6.45, 7) is 0.205. The molecular formula is C18H18N4O3. The number of nitrogens with zero attached hydrogens (tertiary/aromatic N) is 3. The number of benzene rings is 2. The molecule has 0 saturated carbocycles. The quantitative estimate of drug-likeness (QED) is 0.747. The normalized spacial score (nSPS) is 10.5. The Labute approximate surface area is 145 Å².